The Morgan fingerprint density at radius 1 is 1.10 bits per heavy atom. The van der Waals surface area contributed by atoms with Crippen molar-refractivity contribution in [3.05, 3.63) is 42.1 Å². The van der Waals surface area contributed by atoms with Crippen LogP contribution >= 0.6 is 0 Å². The van der Waals surface area contributed by atoms with Crippen LogP contribution in [0.4, 0.5) is 13.2 Å². The number of fused-ring (bicyclic) bond motifs is 5. The summed E-state index contributed by atoms with van der Waals surface area (Å²) in [4.78, 5) is 0. The van der Waals surface area contributed by atoms with E-state index in [2.05, 4.69) is 4.18 Å². The number of hydrogen-bond acceptors (Lipinski definition) is 6. The highest BCUT2D eigenvalue weighted by atomic mass is 32.2. The van der Waals surface area contributed by atoms with Crippen molar-refractivity contribution >= 4 is 20.9 Å². The van der Waals surface area contributed by atoms with E-state index in [4.69, 9.17) is 14.2 Å². The van der Waals surface area contributed by atoms with Crippen molar-refractivity contribution in [2.24, 2.45) is 0 Å². The summed E-state index contributed by atoms with van der Waals surface area (Å²) in [6, 6.07) is 8.54. The molecule has 0 unspecified atom stereocenters. The SMILES string of the molecule is COc1ccc2cc3[n+](cc2c1OS(=O)(=O)C(F)(F)F)CCc1cc2c(cc1-3)OCO2. The number of pyridine rings is 1. The van der Waals surface area contributed by atoms with Crippen LogP contribution in [0.1, 0.15) is 5.56 Å². The van der Waals surface area contributed by atoms with Gasteiger partial charge in [0.15, 0.2) is 35.7 Å². The minimum atomic E-state index is -5.87. The van der Waals surface area contributed by atoms with Crippen LogP contribution in [0, 0.1) is 0 Å². The van der Waals surface area contributed by atoms with Crippen LogP contribution < -0.4 is 23.0 Å². The number of aryl methyl sites for hydroxylation is 2. The number of ether oxygens (including phenoxy) is 3. The summed E-state index contributed by atoms with van der Waals surface area (Å²) in [5, 5.41) is 0.671. The molecule has 1 aromatic heterocycles. The zero-order valence-corrected chi connectivity index (χ0v) is 16.8. The van der Waals surface area contributed by atoms with Crippen molar-refractivity contribution in [1.82, 2.24) is 0 Å². The molecule has 0 amide bonds. The maximum absolute atomic E-state index is 12.9. The number of hydrogen-bond donors (Lipinski definition) is 0. The fourth-order valence-corrected chi connectivity index (χ4v) is 4.29. The van der Waals surface area contributed by atoms with E-state index in [0.717, 1.165) is 16.8 Å². The van der Waals surface area contributed by atoms with E-state index in [1.807, 2.05) is 16.7 Å². The predicted molar refractivity (Wildman–Crippen MR) is 102 cm³/mol. The van der Waals surface area contributed by atoms with E-state index >= 15 is 0 Å². The van der Waals surface area contributed by atoms with Gasteiger partial charge in [0.1, 0.15) is 0 Å². The van der Waals surface area contributed by atoms with Gasteiger partial charge in [-0.25, -0.2) is 0 Å². The molecule has 31 heavy (non-hydrogen) atoms. The number of alkyl halides is 3. The Kier molecular flexibility index (Phi) is 4.23. The van der Waals surface area contributed by atoms with Gasteiger partial charge in [-0.05, 0) is 35.2 Å². The first-order valence-electron chi connectivity index (χ1n) is 9.16. The molecule has 0 N–H and O–H groups in total. The molecule has 2 aliphatic rings. The molecule has 0 saturated heterocycles. The molecule has 3 heterocycles. The highest BCUT2D eigenvalue weighted by molar-refractivity contribution is 7.88. The highest BCUT2D eigenvalue weighted by Crippen LogP contribution is 2.42. The number of nitrogens with zero attached hydrogens (tertiary/aromatic N) is 1. The molecule has 0 aliphatic carbocycles. The van der Waals surface area contributed by atoms with E-state index in [1.54, 1.807) is 18.3 Å². The third-order valence-corrected chi connectivity index (χ3v) is 6.23. The molecule has 2 aromatic carbocycles. The topological polar surface area (TPSA) is 74.9 Å². The van der Waals surface area contributed by atoms with E-state index in [9.17, 15) is 21.6 Å². The summed E-state index contributed by atoms with van der Waals surface area (Å²) in [5.41, 5.74) is -2.81. The van der Waals surface area contributed by atoms with Gasteiger partial charge in [0.05, 0.1) is 18.1 Å². The minimum Gasteiger partial charge on any atom is -0.493 e. The van der Waals surface area contributed by atoms with Gasteiger partial charge in [0.25, 0.3) is 0 Å². The van der Waals surface area contributed by atoms with E-state index in [1.165, 1.54) is 13.2 Å². The smallest absolute Gasteiger partial charge is 0.493 e. The Balaban J connectivity index is 1.70. The van der Waals surface area contributed by atoms with Crippen LogP contribution in [0.5, 0.6) is 23.0 Å². The fraction of sp³-hybridized carbons (Fsp3) is 0.250. The van der Waals surface area contributed by atoms with Gasteiger partial charge in [-0.2, -0.15) is 26.2 Å². The zero-order valence-electron chi connectivity index (χ0n) is 16.0. The number of methoxy groups -OCH3 is 1. The molecule has 7 nitrogen and oxygen atoms in total. The van der Waals surface area contributed by atoms with E-state index in [0.29, 0.717) is 29.9 Å². The summed E-state index contributed by atoms with van der Waals surface area (Å²) in [7, 11) is -4.65. The Hall–Kier alpha value is -3.21. The van der Waals surface area contributed by atoms with Crippen molar-refractivity contribution in [3.63, 3.8) is 0 Å². The van der Waals surface area contributed by atoms with Gasteiger partial charge >= 0.3 is 15.6 Å². The molecule has 0 saturated carbocycles. The second-order valence-corrected chi connectivity index (χ2v) is 8.59. The second kappa shape index (κ2) is 6.64. The van der Waals surface area contributed by atoms with Gasteiger partial charge in [0.2, 0.25) is 12.5 Å². The monoisotopic (exact) mass is 454 g/mol. The Bertz CT molecular complexity index is 1340. The van der Waals surface area contributed by atoms with Crippen molar-refractivity contribution < 1.29 is 44.5 Å². The summed E-state index contributed by atoms with van der Waals surface area (Å²) < 4.78 is 84.4. The molecule has 0 radical (unpaired) electrons. The van der Waals surface area contributed by atoms with E-state index < -0.39 is 21.4 Å². The van der Waals surface area contributed by atoms with Crippen molar-refractivity contribution in [1.29, 1.82) is 0 Å². The average molecular weight is 454 g/mol. The predicted octanol–water partition coefficient (Wildman–Crippen LogP) is 3.32. The van der Waals surface area contributed by atoms with Gasteiger partial charge in [-0.1, -0.05) is 0 Å². The zero-order chi connectivity index (χ0) is 22.0. The van der Waals surface area contributed by atoms with Crippen molar-refractivity contribution in [3.8, 4) is 34.3 Å². The average Bonchev–Trinajstić information content (AvgIpc) is 3.17. The number of rotatable bonds is 3. The van der Waals surface area contributed by atoms with Crippen LogP contribution in [-0.2, 0) is 23.1 Å². The molecule has 2 aliphatic heterocycles. The second-order valence-electron chi connectivity index (χ2n) is 7.05. The maximum Gasteiger partial charge on any atom is 0.534 e. The van der Waals surface area contributed by atoms with Gasteiger partial charge < -0.3 is 18.4 Å². The van der Waals surface area contributed by atoms with Crippen LogP contribution in [0.25, 0.3) is 22.0 Å². The third-order valence-electron chi connectivity index (χ3n) is 5.27. The fourth-order valence-electron chi connectivity index (χ4n) is 3.80. The number of benzene rings is 2. The number of aromatic nitrogens is 1. The first-order valence-corrected chi connectivity index (χ1v) is 10.6. The number of halogens is 3. The van der Waals surface area contributed by atoms with Gasteiger partial charge in [-0.15, -0.1) is 0 Å². The van der Waals surface area contributed by atoms with Crippen LogP contribution in [0.3, 0.4) is 0 Å². The summed E-state index contributed by atoms with van der Waals surface area (Å²) in [6.07, 6.45) is 2.22. The van der Waals surface area contributed by atoms with E-state index in [-0.39, 0.29) is 17.9 Å². The lowest BCUT2D eigenvalue weighted by molar-refractivity contribution is -0.686. The molecule has 3 aromatic rings. The molecule has 0 bridgehead atoms. The molecule has 0 fully saturated rings. The lowest BCUT2D eigenvalue weighted by atomic mass is 9.95. The van der Waals surface area contributed by atoms with Crippen LogP contribution in [0.2, 0.25) is 0 Å². The third kappa shape index (κ3) is 3.11. The van der Waals surface area contributed by atoms with Gasteiger partial charge in [-0.3, -0.25) is 0 Å². The molecule has 0 spiro atoms. The van der Waals surface area contributed by atoms with Crippen LogP contribution in [0.15, 0.2) is 36.5 Å². The molecular weight excluding hydrogens is 439 g/mol. The summed E-state index contributed by atoms with van der Waals surface area (Å²) >= 11 is 0. The largest absolute Gasteiger partial charge is 0.534 e. The summed E-state index contributed by atoms with van der Waals surface area (Å²) in [6.45, 7) is 0.671. The maximum atomic E-state index is 12.9. The molecule has 162 valence electrons. The minimum absolute atomic E-state index is 0.125. The highest BCUT2D eigenvalue weighted by Gasteiger charge is 2.49. The first-order chi connectivity index (χ1) is 14.7. The molecular formula is C20H15F3NO6S+. The molecule has 5 rings (SSSR count). The van der Waals surface area contributed by atoms with Crippen molar-refractivity contribution in [2.45, 2.75) is 18.5 Å². The standard InChI is InChI=1S/C20H15F3NO6S/c1-27-16-3-2-11-6-15-13-8-18-17(28-10-29-18)7-12(13)4-5-24(15)9-14(11)19(16)30-31(25,26)20(21,22)23/h2-3,6-9H,4-5,10H2,1H3/q+1. The molecule has 11 heteroatoms. The van der Waals surface area contributed by atoms with Gasteiger partial charge in [0, 0.05) is 12.5 Å². The van der Waals surface area contributed by atoms with Crippen LogP contribution in [-0.4, -0.2) is 27.8 Å². The first kappa shape index (κ1) is 19.7. The Morgan fingerprint density at radius 3 is 2.55 bits per heavy atom. The Morgan fingerprint density at radius 2 is 1.84 bits per heavy atom. The molecule has 0 atom stereocenters. The lowest BCUT2D eigenvalue weighted by Crippen LogP contribution is -2.40. The quantitative estimate of drug-likeness (QED) is 0.344. The Labute approximate surface area is 174 Å². The summed E-state index contributed by atoms with van der Waals surface area (Å²) in [5.74, 6) is 0.651. The normalized spacial score (nSPS) is 14.8. The lowest BCUT2D eigenvalue weighted by Gasteiger charge is -2.18. The van der Waals surface area contributed by atoms with Crippen molar-refractivity contribution in [2.75, 3.05) is 13.9 Å².